The van der Waals surface area contributed by atoms with E-state index in [1.165, 1.54) is 6.39 Å². The van der Waals surface area contributed by atoms with Crippen LogP contribution in [0.3, 0.4) is 0 Å². The van der Waals surface area contributed by atoms with E-state index in [-0.39, 0.29) is 5.60 Å². The van der Waals surface area contributed by atoms with Crippen LogP contribution in [0.2, 0.25) is 0 Å². The van der Waals surface area contributed by atoms with Gasteiger partial charge < -0.3 is 14.5 Å². The lowest BCUT2D eigenvalue weighted by Gasteiger charge is -2.18. The highest BCUT2D eigenvalue weighted by atomic mass is 16.5. The Morgan fingerprint density at radius 2 is 2.12 bits per heavy atom. The van der Waals surface area contributed by atoms with Gasteiger partial charge in [0.1, 0.15) is 6.61 Å². The van der Waals surface area contributed by atoms with Crippen LogP contribution < -0.4 is 5.32 Å². The maximum Gasteiger partial charge on any atom is 0.181 e. The van der Waals surface area contributed by atoms with E-state index in [1.54, 1.807) is 0 Å². The average Bonchev–Trinajstić information content (AvgIpc) is 2.57. The Balaban J connectivity index is 2.50. The maximum absolute atomic E-state index is 5.66. The van der Waals surface area contributed by atoms with Crippen molar-refractivity contribution in [3.63, 3.8) is 0 Å². The largest absolute Gasteiger partial charge is 0.446 e. The molecule has 1 N–H and O–H groups in total. The topological polar surface area (TPSA) is 47.3 Å². The molecule has 92 valence electrons. The number of aromatic nitrogens is 1. The summed E-state index contributed by atoms with van der Waals surface area (Å²) >= 11 is 0. The number of nitrogens with zero attached hydrogens (tertiary/aromatic N) is 1. The van der Waals surface area contributed by atoms with Crippen LogP contribution >= 0.6 is 0 Å². The molecule has 1 rings (SSSR count). The highest BCUT2D eigenvalue weighted by Crippen LogP contribution is 2.14. The van der Waals surface area contributed by atoms with Gasteiger partial charge >= 0.3 is 0 Å². The third-order valence-corrected chi connectivity index (χ3v) is 2.04. The number of oxazole rings is 1. The van der Waals surface area contributed by atoms with Crippen molar-refractivity contribution in [3.8, 4) is 0 Å². The van der Waals surface area contributed by atoms with Gasteiger partial charge in [0.15, 0.2) is 12.2 Å². The van der Waals surface area contributed by atoms with Gasteiger partial charge in [0.05, 0.1) is 11.3 Å². The van der Waals surface area contributed by atoms with E-state index in [9.17, 15) is 0 Å². The number of hydrogen-bond donors (Lipinski definition) is 1. The molecular formula is C12H22N2O2. The summed E-state index contributed by atoms with van der Waals surface area (Å²) < 4.78 is 11.0. The van der Waals surface area contributed by atoms with Crippen molar-refractivity contribution in [3.05, 3.63) is 17.8 Å². The molecule has 4 heteroatoms. The average molecular weight is 226 g/mol. The minimum atomic E-state index is -0.157. The molecule has 0 radical (unpaired) electrons. The van der Waals surface area contributed by atoms with E-state index in [0.717, 1.165) is 18.0 Å². The molecule has 1 heterocycles. The number of nitrogens with one attached hydrogen (secondary N) is 1. The maximum atomic E-state index is 5.66. The zero-order valence-corrected chi connectivity index (χ0v) is 10.8. The first kappa shape index (κ1) is 13.2. The Hall–Kier alpha value is -0.870. The molecule has 0 fully saturated rings. The van der Waals surface area contributed by atoms with Crippen molar-refractivity contribution in [2.75, 3.05) is 0 Å². The van der Waals surface area contributed by atoms with Gasteiger partial charge in [0.25, 0.3) is 0 Å². The third-order valence-electron chi connectivity index (χ3n) is 2.04. The molecule has 0 aliphatic carbocycles. The monoisotopic (exact) mass is 226 g/mol. The van der Waals surface area contributed by atoms with Gasteiger partial charge in [-0.25, -0.2) is 4.98 Å². The Morgan fingerprint density at radius 1 is 1.44 bits per heavy atom. The van der Waals surface area contributed by atoms with Crippen molar-refractivity contribution < 1.29 is 9.15 Å². The summed E-state index contributed by atoms with van der Waals surface area (Å²) in [5, 5.41) is 3.31. The number of hydrogen-bond acceptors (Lipinski definition) is 4. The molecule has 0 aliphatic rings. The third kappa shape index (κ3) is 4.77. The molecule has 0 saturated carbocycles. The van der Waals surface area contributed by atoms with Crippen LogP contribution in [0.5, 0.6) is 0 Å². The van der Waals surface area contributed by atoms with Crippen molar-refractivity contribution >= 4 is 0 Å². The van der Waals surface area contributed by atoms with E-state index in [2.05, 4.69) is 24.1 Å². The van der Waals surface area contributed by atoms with Crippen LogP contribution in [-0.2, 0) is 17.9 Å². The summed E-state index contributed by atoms with van der Waals surface area (Å²) in [5.74, 6) is 0.808. The van der Waals surface area contributed by atoms with Gasteiger partial charge in [-0.05, 0) is 20.8 Å². The molecule has 1 aromatic heterocycles. The highest BCUT2D eigenvalue weighted by Gasteiger charge is 2.14. The fourth-order valence-corrected chi connectivity index (χ4v) is 1.14. The standard InChI is InChI=1S/C12H22N2O2/c1-9(2)13-6-10-11(15-8-14-10)7-16-12(3,4)5/h8-9,13H,6-7H2,1-5H3. The predicted octanol–water partition coefficient (Wildman–Crippen LogP) is 2.49. The lowest BCUT2D eigenvalue weighted by atomic mass is 10.2. The molecule has 0 saturated heterocycles. The van der Waals surface area contributed by atoms with Gasteiger partial charge in [-0.3, -0.25) is 0 Å². The SMILES string of the molecule is CC(C)NCc1ncoc1COC(C)(C)C. The van der Waals surface area contributed by atoms with E-state index in [1.807, 2.05) is 20.8 Å². The van der Waals surface area contributed by atoms with Crippen LogP contribution in [0.25, 0.3) is 0 Å². The van der Waals surface area contributed by atoms with Crippen LogP contribution in [0.1, 0.15) is 46.1 Å². The second-order valence-corrected chi connectivity index (χ2v) is 5.16. The normalized spacial score (nSPS) is 12.4. The van der Waals surface area contributed by atoms with Crippen LogP contribution in [0.15, 0.2) is 10.8 Å². The number of ether oxygens (including phenoxy) is 1. The second kappa shape index (κ2) is 5.46. The van der Waals surface area contributed by atoms with Crippen molar-refractivity contribution in [2.24, 2.45) is 0 Å². The molecule has 0 spiro atoms. The Morgan fingerprint density at radius 3 is 2.69 bits per heavy atom. The molecule has 4 nitrogen and oxygen atoms in total. The molecule has 0 aromatic carbocycles. The summed E-state index contributed by atoms with van der Waals surface area (Å²) in [4.78, 5) is 4.18. The lowest BCUT2D eigenvalue weighted by Crippen LogP contribution is -2.23. The minimum absolute atomic E-state index is 0.157. The first-order valence-corrected chi connectivity index (χ1v) is 5.67. The van der Waals surface area contributed by atoms with Gasteiger partial charge in [0, 0.05) is 12.6 Å². The quantitative estimate of drug-likeness (QED) is 0.838. The number of rotatable bonds is 5. The zero-order valence-electron chi connectivity index (χ0n) is 10.8. The Bertz CT molecular complexity index is 313. The van der Waals surface area contributed by atoms with E-state index in [4.69, 9.17) is 9.15 Å². The fraction of sp³-hybridized carbons (Fsp3) is 0.750. The first-order valence-electron chi connectivity index (χ1n) is 5.67. The molecule has 0 bridgehead atoms. The lowest BCUT2D eigenvalue weighted by molar-refractivity contribution is -0.0228. The van der Waals surface area contributed by atoms with E-state index < -0.39 is 0 Å². The van der Waals surface area contributed by atoms with Crippen LogP contribution in [0, 0.1) is 0 Å². The zero-order chi connectivity index (χ0) is 12.2. The summed E-state index contributed by atoms with van der Waals surface area (Å²) in [5.41, 5.74) is 0.771. The smallest absolute Gasteiger partial charge is 0.181 e. The van der Waals surface area contributed by atoms with E-state index in [0.29, 0.717) is 12.6 Å². The van der Waals surface area contributed by atoms with Gasteiger partial charge in [-0.15, -0.1) is 0 Å². The molecule has 1 aromatic rings. The van der Waals surface area contributed by atoms with Crippen molar-refractivity contribution in [2.45, 2.75) is 59.4 Å². The van der Waals surface area contributed by atoms with Crippen molar-refractivity contribution in [1.29, 1.82) is 0 Å². The van der Waals surface area contributed by atoms with Crippen LogP contribution in [-0.4, -0.2) is 16.6 Å². The van der Waals surface area contributed by atoms with Gasteiger partial charge in [-0.2, -0.15) is 0 Å². The molecule has 0 unspecified atom stereocenters. The Kier molecular flexibility index (Phi) is 4.50. The Labute approximate surface area is 97.4 Å². The molecule has 0 amide bonds. The molecule has 0 atom stereocenters. The second-order valence-electron chi connectivity index (χ2n) is 5.16. The van der Waals surface area contributed by atoms with E-state index >= 15 is 0 Å². The molecule has 16 heavy (non-hydrogen) atoms. The van der Waals surface area contributed by atoms with Gasteiger partial charge in [-0.1, -0.05) is 13.8 Å². The fourth-order valence-electron chi connectivity index (χ4n) is 1.14. The summed E-state index contributed by atoms with van der Waals surface area (Å²) in [6.45, 7) is 11.5. The summed E-state index contributed by atoms with van der Waals surface area (Å²) in [7, 11) is 0. The van der Waals surface area contributed by atoms with Crippen LogP contribution in [0.4, 0.5) is 0 Å². The summed E-state index contributed by atoms with van der Waals surface area (Å²) in [6.07, 6.45) is 1.47. The minimum Gasteiger partial charge on any atom is -0.446 e. The summed E-state index contributed by atoms with van der Waals surface area (Å²) in [6, 6.07) is 0.438. The molecule has 0 aliphatic heterocycles. The molecular weight excluding hydrogens is 204 g/mol. The predicted molar refractivity (Wildman–Crippen MR) is 63.0 cm³/mol. The van der Waals surface area contributed by atoms with Gasteiger partial charge in [0.2, 0.25) is 0 Å². The first-order chi connectivity index (χ1) is 7.38. The highest BCUT2D eigenvalue weighted by molar-refractivity contribution is 5.06. The van der Waals surface area contributed by atoms with Crippen molar-refractivity contribution in [1.82, 2.24) is 10.3 Å².